The van der Waals surface area contributed by atoms with Crippen molar-refractivity contribution < 1.29 is 13.9 Å². The van der Waals surface area contributed by atoms with Crippen LogP contribution in [0.25, 0.3) is 17.2 Å². The number of aromatic nitrogens is 4. The summed E-state index contributed by atoms with van der Waals surface area (Å²) in [4.78, 5) is 43.7. The van der Waals surface area contributed by atoms with Gasteiger partial charge in [0.2, 0.25) is 0 Å². The van der Waals surface area contributed by atoms with Crippen LogP contribution in [0.5, 0.6) is 0 Å². The summed E-state index contributed by atoms with van der Waals surface area (Å²) in [7, 11) is 0. The number of furan rings is 1. The molecule has 3 aromatic heterocycles. The average Bonchev–Trinajstić information content (AvgIpc) is 3.29. The second-order valence-electron chi connectivity index (χ2n) is 6.70. The number of carbonyl (C=O) groups excluding carboxylic acids is 1. The van der Waals surface area contributed by atoms with E-state index in [0.29, 0.717) is 40.5 Å². The van der Waals surface area contributed by atoms with Crippen molar-refractivity contribution in [1.29, 1.82) is 0 Å². The van der Waals surface area contributed by atoms with Gasteiger partial charge in [-0.3, -0.25) is 14.3 Å². The van der Waals surface area contributed by atoms with Crippen LogP contribution in [-0.4, -0.2) is 25.1 Å². The predicted octanol–water partition coefficient (Wildman–Crippen LogP) is 3.21. The number of ether oxygens (including phenoxy) is 1. The Morgan fingerprint density at radius 1 is 1.23 bits per heavy atom. The van der Waals surface area contributed by atoms with Crippen molar-refractivity contribution in [1.82, 2.24) is 19.1 Å². The molecule has 0 spiro atoms. The number of carbonyl (C=O) groups is 1. The van der Waals surface area contributed by atoms with Crippen molar-refractivity contribution in [2.24, 2.45) is 0 Å². The van der Waals surface area contributed by atoms with Gasteiger partial charge in [-0.2, -0.15) is 0 Å². The maximum absolute atomic E-state index is 12.5. The number of hydrogen-bond donors (Lipinski definition) is 1. The minimum absolute atomic E-state index is 0.124. The third-order valence-electron chi connectivity index (χ3n) is 4.47. The fourth-order valence-electron chi connectivity index (χ4n) is 3.07. The van der Waals surface area contributed by atoms with Crippen molar-refractivity contribution in [3.63, 3.8) is 0 Å². The van der Waals surface area contributed by atoms with Crippen LogP contribution in [-0.2, 0) is 29.2 Å². The number of halogens is 1. The summed E-state index contributed by atoms with van der Waals surface area (Å²) < 4.78 is 14.3. The molecule has 1 N–H and O–H groups in total. The van der Waals surface area contributed by atoms with E-state index in [-0.39, 0.29) is 6.61 Å². The summed E-state index contributed by atoms with van der Waals surface area (Å²) in [5.41, 5.74) is -0.356. The van der Waals surface area contributed by atoms with Crippen LogP contribution in [0.1, 0.15) is 44.7 Å². The topological polar surface area (TPSA) is 112 Å². The number of unbranched alkanes of at least 4 members (excludes halogenated alkanes) is 1. The lowest BCUT2D eigenvalue weighted by atomic mass is 10.3. The number of rotatable bonds is 9. The quantitative estimate of drug-likeness (QED) is 0.373. The second kappa shape index (κ2) is 9.75. The van der Waals surface area contributed by atoms with Gasteiger partial charge in [0.25, 0.3) is 5.56 Å². The number of fused-ring (bicyclic) bond motifs is 1. The smallest absolute Gasteiger partial charge is 0.331 e. The first-order valence-corrected chi connectivity index (χ1v) is 10.6. The van der Waals surface area contributed by atoms with Crippen molar-refractivity contribution in [2.45, 2.75) is 52.8 Å². The first-order valence-electron chi connectivity index (χ1n) is 9.77. The number of nitrogens with one attached hydrogen (secondary N) is 1. The Balaban J connectivity index is 1.89. The molecule has 0 amide bonds. The van der Waals surface area contributed by atoms with Crippen LogP contribution in [0, 0.1) is 0 Å². The molecule has 160 valence electrons. The lowest BCUT2D eigenvalue weighted by Crippen LogP contribution is -2.31. The molecule has 9 nitrogen and oxygen atoms in total. The normalized spacial score (nSPS) is 11.6. The number of imidazole rings is 1. The number of nitrogens with zero attached hydrogens (tertiary/aromatic N) is 3. The molecule has 3 aromatic rings. The molecule has 10 heteroatoms. The van der Waals surface area contributed by atoms with Crippen molar-refractivity contribution in [2.75, 3.05) is 0 Å². The summed E-state index contributed by atoms with van der Waals surface area (Å²) in [6.07, 6.45) is 5.16. The Morgan fingerprint density at radius 3 is 2.70 bits per heavy atom. The zero-order valence-electron chi connectivity index (χ0n) is 16.8. The maximum atomic E-state index is 12.5. The largest absolute Gasteiger partial charge is 0.454 e. The Hall–Kier alpha value is -2.88. The van der Waals surface area contributed by atoms with Gasteiger partial charge >= 0.3 is 11.7 Å². The Labute approximate surface area is 180 Å². The highest BCUT2D eigenvalue weighted by Crippen LogP contribution is 2.16. The van der Waals surface area contributed by atoms with E-state index >= 15 is 0 Å². The Morgan fingerprint density at radius 2 is 2.03 bits per heavy atom. The zero-order valence-corrected chi connectivity index (χ0v) is 18.4. The number of aryl methyl sites for hydroxylation is 2. The molecule has 0 fully saturated rings. The minimum atomic E-state index is -0.574. The highest BCUT2D eigenvalue weighted by Gasteiger charge is 2.18. The molecule has 0 unspecified atom stereocenters. The molecule has 3 rings (SSSR count). The molecule has 0 radical (unpaired) electrons. The van der Waals surface area contributed by atoms with E-state index in [9.17, 15) is 14.4 Å². The first kappa shape index (κ1) is 21.8. The third kappa shape index (κ3) is 4.81. The van der Waals surface area contributed by atoms with Gasteiger partial charge in [-0.25, -0.2) is 14.6 Å². The number of H-pyrrole nitrogens is 1. The van der Waals surface area contributed by atoms with Crippen LogP contribution in [0.2, 0.25) is 0 Å². The van der Waals surface area contributed by atoms with Gasteiger partial charge in [-0.1, -0.05) is 20.3 Å². The molecule has 3 heterocycles. The summed E-state index contributed by atoms with van der Waals surface area (Å²) in [6.45, 7) is 4.82. The summed E-state index contributed by atoms with van der Waals surface area (Å²) in [6, 6.07) is 3.42. The second-order valence-corrected chi connectivity index (χ2v) is 7.48. The van der Waals surface area contributed by atoms with Gasteiger partial charge < -0.3 is 13.7 Å². The molecule has 0 saturated carbocycles. The van der Waals surface area contributed by atoms with Gasteiger partial charge in [0.05, 0.1) is 0 Å². The van der Waals surface area contributed by atoms with Gasteiger partial charge in [0.1, 0.15) is 18.2 Å². The third-order valence-corrected chi connectivity index (χ3v) is 4.89. The Kier molecular flexibility index (Phi) is 7.09. The van der Waals surface area contributed by atoms with Crippen molar-refractivity contribution in [3.05, 3.63) is 55.3 Å². The standard InChI is InChI=1S/C20H23BrN4O5/c1-3-5-11-25-18-17(19(27)23-20(25)28)24(10-4-2)15(22-18)12-29-16(26)9-7-13-6-8-14(21)30-13/h6-9H,3-5,10-12H2,1-2H3,(H,23,27,28)/b9-7+. The molecule has 0 aliphatic heterocycles. The van der Waals surface area contributed by atoms with E-state index in [1.807, 2.05) is 13.8 Å². The molecule has 0 aliphatic carbocycles. The molecule has 30 heavy (non-hydrogen) atoms. The van der Waals surface area contributed by atoms with Crippen LogP contribution < -0.4 is 11.2 Å². The monoisotopic (exact) mass is 478 g/mol. The average molecular weight is 479 g/mol. The highest BCUT2D eigenvalue weighted by atomic mass is 79.9. The SMILES string of the molecule is CCCCn1c(=O)[nH]c(=O)c2c1nc(COC(=O)/C=C/c1ccc(Br)o1)n2CCC. The lowest BCUT2D eigenvalue weighted by Gasteiger charge is -2.07. The van der Waals surface area contributed by atoms with Crippen molar-refractivity contribution >= 4 is 39.1 Å². The fraction of sp³-hybridized carbons (Fsp3) is 0.400. The fourth-order valence-corrected chi connectivity index (χ4v) is 3.39. The number of hydrogen-bond acceptors (Lipinski definition) is 6. The number of aromatic amines is 1. The molecule has 0 saturated heterocycles. The van der Waals surface area contributed by atoms with E-state index in [1.54, 1.807) is 16.7 Å². The molecule has 0 bridgehead atoms. The summed E-state index contributed by atoms with van der Waals surface area (Å²) >= 11 is 3.19. The molecular formula is C20H23BrN4O5. The summed E-state index contributed by atoms with van der Waals surface area (Å²) in [5, 5.41) is 0. The van der Waals surface area contributed by atoms with Crippen LogP contribution >= 0.6 is 15.9 Å². The lowest BCUT2D eigenvalue weighted by molar-refractivity contribution is -0.139. The van der Waals surface area contributed by atoms with E-state index in [0.717, 1.165) is 19.3 Å². The van der Waals surface area contributed by atoms with Gasteiger partial charge in [-0.15, -0.1) is 0 Å². The zero-order chi connectivity index (χ0) is 21.7. The Bertz CT molecular complexity index is 1180. The van der Waals surface area contributed by atoms with Crippen LogP contribution in [0.3, 0.4) is 0 Å². The van der Waals surface area contributed by atoms with Gasteiger partial charge in [0.15, 0.2) is 15.8 Å². The molecule has 0 aromatic carbocycles. The van der Waals surface area contributed by atoms with E-state index in [2.05, 4.69) is 25.9 Å². The van der Waals surface area contributed by atoms with E-state index in [4.69, 9.17) is 9.15 Å². The molecule has 0 atom stereocenters. The summed E-state index contributed by atoms with van der Waals surface area (Å²) in [5.74, 6) is 0.342. The van der Waals surface area contributed by atoms with Crippen LogP contribution in [0.4, 0.5) is 0 Å². The molecular weight excluding hydrogens is 456 g/mol. The van der Waals surface area contributed by atoms with Gasteiger partial charge in [0, 0.05) is 19.2 Å². The van der Waals surface area contributed by atoms with E-state index < -0.39 is 17.2 Å². The maximum Gasteiger partial charge on any atom is 0.331 e. The van der Waals surface area contributed by atoms with Gasteiger partial charge in [-0.05, 0) is 47.0 Å². The van der Waals surface area contributed by atoms with Crippen LogP contribution in [0.15, 0.2) is 36.9 Å². The predicted molar refractivity (Wildman–Crippen MR) is 115 cm³/mol. The molecule has 0 aliphatic rings. The first-order chi connectivity index (χ1) is 14.4. The highest BCUT2D eigenvalue weighted by molar-refractivity contribution is 9.10. The minimum Gasteiger partial charge on any atom is -0.454 e. The van der Waals surface area contributed by atoms with E-state index in [1.165, 1.54) is 16.7 Å². The number of esters is 1. The van der Waals surface area contributed by atoms with Crippen molar-refractivity contribution in [3.8, 4) is 0 Å².